The van der Waals surface area contributed by atoms with E-state index in [2.05, 4.69) is 31.8 Å². The molecule has 2 rings (SSSR count). The molecule has 0 aliphatic rings. The predicted molar refractivity (Wildman–Crippen MR) is 106 cm³/mol. The van der Waals surface area contributed by atoms with Crippen LogP contribution in [0.4, 0.5) is 5.69 Å². The van der Waals surface area contributed by atoms with Crippen LogP contribution in [0.25, 0.3) is 0 Å². The van der Waals surface area contributed by atoms with Gasteiger partial charge in [0.05, 0.1) is 6.21 Å². The van der Waals surface area contributed by atoms with Gasteiger partial charge in [0.15, 0.2) is 0 Å². The van der Waals surface area contributed by atoms with E-state index in [1.807, 2.05) is 6.92 Å². The Bertz CT molecular complexity index is 856. The second kappa shape index (κ2) is 9.35. The molecular weight excluding hydrogens is 422 g/mol. The van der Waals surface area contributed by atoms with Crippen molar-refractivity contribution in [3.8, 4) is 5.75 Å². The summed E-state index contributed by atoms with van der Waals surface area (Å²) in [4.78, 5) is 23.6. The van der Waals surface area contributed by atoms with Crippen LogP contribution < -0.4 is 10.7 Å². The summed E-state index contributed by atoms with van der Waals surface area (Å²) in [5, 5.41) is 16.7. The second-order valence-electron chi connectivity index (χ2n) is 5.51. The van der Waals surface area contributed by atoms with Gasteiger partial charge in [-0.2, -0.15) is 5.10 Å². The second-order valence-corrected chi connectivity index (χ2v) is 6.83. The van der Waals surface area contributed by atoms with E-state index in [4.69, 9.17) is 11.6 Å². The van der Waals surface area contributed by atoms with Crippen molar-refractivity contribution in [2.24, 2.45) is 5.10 Å². The summed E-state index contributed by atoms with van der Waals surface area (Å²) in [6.07, 6.45) is 1.31. The number of anilines is 1. The molecule has 0 atom stereocenters. The lowest BCUT2D eigenvalue weighted by Gasteiger charge is -2.06. The molecule has 2 aromatic rings. The molecule has 2 amide bonds. The quantitative estimate of drug-likeness (QED) is 0.470. The molecule has 0 saturated carbocycles. The number of aromatic hydroxyl groups is 1. The Morgan fingerprint density at radius 1 is 1.19 bits per heavy atom. The number of carbonyl (C=O) groups is 2. The number of rotatable bonds is 6. The van der Waals surface area contributed by atoms with Crippen molar-refractivity contribution in [3.63, 3.8) is 0 Å². The summed E-state index contributed by atoms with van der Waals surface area (Å²) in [5.74, 6) is -0.663. The number of halogens is 2. The fourth-order valence-corrected chi connectivity index (χ4v) is 2.54. The highest BCUT2D eigenvalue weighted by Gasteiger charge is 2.08. The van der Waals surface area contributed by atoms with Crippen LogP contribution in [-0.2, 0) is 9.59 Å². The van der Waals surface area contributed by atoms with Gasteiger partial charge in [-0.3, -0.25) is 9.59 Å². The van der Waals surface area contributed by atoms with E-state index >= 15 is 0 Å². The van der Waals surface area contributed by atoms with Crippen molar-refractivity contribution in [1.82, 2.24) is 5.43 Å². The van der Waals surface area contributed by atoms with Crippen molar-refractivity contribution in [2.75, 3.05) is 5.32 Å². The van der Waals surface area contributed by atoms with Gasteiger partial charge in [-0.25, -0.2) is 5.43 Å². The van der Waals surface area contributed by atoms with E-state index in [1.165, 1.54) is 12.3 Å². The molecule has 0 radical (unpaired) electrons. The summed E-state index contributed by atoms with van der Waals surface area (Å²) in [5.41, 5.74) is 4.26. The van der Waals surface area contributed by atoms with E-state index in [-0.39, 0.29) is 24.5 Å². The zero-order chi connectivity index (χ0) is 19.1. The van der Waals surface area contributed by atoms with Gasteiger partial charge in [0.1, 0.15) is 5.75 Å². The molecule has 0 bridgehead atoms. The SMILES string of the molecule is Cc1ccc(NC(=O)CCC(=O)NN=Cc2cc(Br)ccc2O)cc1Cl. The van der Waals surface area contributed by atoms with Crippen LogP contribution in [0.2, 0.25) is 5.02 Å². The summed E-state index contributed by atoms with van der Waals surface area (Å²) in [6, 6.07) is 10.1. The lowest BCUT2D eigenvalue weighted by atomic mass is 10.2. The number of amides is 2. The first-order chi connectivity index (χ1) is 12.3. The molecule has 26 heavy (non-hydrogen) atoms. The number of nitrogens with one attached hydrogen (secondary N) is 2. The highest BCUT2D eigenvalue weighted by Crippen LogP contribution is 2.21. The van der Waals surface area contributed by atoms with Crippen LogP contribution in [0.5, 0.6) is 5.75 Å². The summed E-state index contributed by atoms with van der Waals surface area (Å²) < 4.78 is 0.774. The topological polar surface area (TPSA) is 90.8 Å². The van der Waals surface area contributed by atoms with Gasteiger partial charge in [0.2, 0.25) is 11.8 Å². The predicted octanol–water partition coefficient (Wildman–Crippen LogP) is 3.99. The molecule has 0 aliphatic carbocycles. The Balaban J connectivity index is 1.79. The highest BCUT2D eigenvalue weighted by atomic mass is 79.9. The van der Waals surface area contributed by atoms with E-state index in [0.29, 0.717) is 16.3 Å². The van der Waals surface area contributed by atoms with Gasteiger partial charge in [0.25, 0.3) is 0 Å². The van der Waals surface area contributed by atoms with Crippen molar-refractivity contribution in [2.45, 2.75) is 19.8 Å². The number of phenols is 1. The third-order valence-electron chi connectivity index (χ3n) is 3.42. The number of hydrogen-bond acceptors (Lipinski definition) is 4. The molecule has 0 aliphatic heterocycles. The summed E-state index contributed by atoms with van der Waals surface area (Å²) >= 11 is 9.28. The van der Waals surface area contributed by atoms with Crippen molar-refractivity contribution in [3.05, 3.63) is 57.0 Å². The van der Waals surface area contributed by atoms with Gasteiger partial charge in [0, 0.05) is 33.6 Å². The molecular formula is C18H17BrClN3O3. The lowest BCUT2D eigenvalue weighted by molar-refractivity contribution is -0.124. The number of carbonyl (C=O) groups excluding carboxylic acids is 2. The van der Waals surface area contributed by atoms with Crippen molar-refractivity contribution in [1.29, 1.82) is 0 Å². The monoisotopic (exact) mass is 437 g/mol. The van der Waals surface area contributed by atoms with E-state index in [1.54, 1.807) is 30.3 Å². The number of phenolic OH excluding ortho intramolecular Hbond substituents is 1. The first-order valence-corrected chi connectivity index (χ1v) is 8.88. The maximum Gasteiger partial charge on any atom is 0.240 e. The Morgan fingerprint density at radius 2 is 1.92 bits per heavy atom. The van der Waals surface area contributed by atoms with Gasteiger partial charge in [-0.05, 0) is 42.8 Å². The minimum Gasteiger partial charge on any atom is -0.507 e. The number of aryl methyl sites for hydroxylation is 1. The van der Waals surface area contributed by atoms with E-state index < -0.39 is 5.91 Å². The molecule has 0 heterocycles. The van der Waals surface area contributed by atoms with Crippen molar-refractivity contribution >= 4 is 51.2 Å². The van der Waals surface area contributed by atoms with Crippen LogP contribution in [0.1, 0.15) is 24.0 Å². The molecule has 3 N–H and O–H groups in total. The lowest BCUT2D eigenvalue weighted by Crippen LogP contribution is -2.20. The smallest absolute Gasteiger partial charge is 0.240 e. The average Bonchev–Trinajstić information content (AvgIpc) is 2.59. The van der Waals surface area contributed by atoms with Crippen molar-refractivity contribution < 1.29 is 14.7 Å². The van der Waals surface area contributed by atoms with Gasteiger partial charge in [-0.15, -0.1) is 0 Å². The summed E-state index contributed by atoms with van der Waals surface area (Å²) in [6.45, 7) is 1.87. The van der Waals surface area contributed by atoms with Crippen LogP contribution in [-0.4, -0.2) is 23.1 Å². The zero-order valence-corrected chi connectivity index (χ0v) is 16.3. The molecule has 0 saturated heterocycles. The molecule has 0 aromatic heterocycles. The third kappa shape index (κ3) is 6.16. The number of nitrogens with zero attached hydrogens (tertiary/aromatic N) is 1. The maximum atomic E-state index is 11.9. The first kappa shape index (κ1) is 19.9. The van der Waals surface area contributed by atoms with Crippen LogP contribution >= 0.6 is 27.5 Å². The number of hydrazone groups is 1. The minimum absolute atomic E-state index is 0.00891. The molecule has 2 aromatic carbocycles. The van der Waals surface area contributed by atoms with E-state index in [9.17, 15) is 14.7 Å². The van der Waals surface area contributed by atoms with Gasteiger partial charge < -0.3 is 10.4 Å². The molecule has 136 valence electrons. The highest BCUT2D eigenvalue weighted by molar-refractivity contribution is 9.10. The standard InChI is InChI=1S/C18H17BrClN3O3/c1-11-2-4-14(9-15(11)20)22-17(25)6-7-18(26)23-21-10-12-8-13(19)3-5-16(12)24/h2-5,8-10,24H,6-7H2,1H3,(H,22,25)(H,23,26). The van der Waals surface area contributed by atoms with Gasteiger partial charge in [-0.1, -0.05) is 33.6 Å². The largest absolute Gasteiger partial charge is 0.507 e. The molecule has 8 heteroatoms. The molecule has 0 fully saturated rings. The Hall–Kier alpha value is -2.38. The van der Waals surface area contributed by atoms with Crippen LogP contribution in [0, 0.1) is 6.92 Å². The van der Waals surface area contributed by atoms with E-state index in [0.717, 1.165) is 10.0 Å². The molecule has 0 spiro atoms. The minimum atomic E-state index is -0.409. The zero-order valence-electron chi connectivity index (χ0n) is 13.9. The van der Waals surface area contributed by atoms with Gasteiger partial charge >= 0.3 is 0 Å². The molecule has 0 unspecified atom stereocenters. The third-order valence-corrected chi connectivity index (χ3v) is 4.32. The fraction of sp³-hybridized carbons (Fsp3) is 0.167. The number of benzene rings is 2. The maximum absolute atomic E-state index is 11.9. The Labute approximate surface area is 164 Å². The Kier molecular flexibility index (Phi) is 7.17. The Morgan fingerprint density at radius 3 is 2.65 bits per heavy atom. The average molecular weight is 439 g/mol. The molecule has 6 nitrogen and oxygen atoms in total. The van der Waals surface area contributed by atoms with Crippen LogP contribution in [0.3, 0.4) is 0 Å². The van der Waals surface area contributed by atoms with Crippen LogP contribution in [0.15, 0.2) is 46.0 Å². The normalized spacial score (nSPS) is 10.7. The summed E-state index contributed by atoms with van der Waals surface area (Å²) in [7, 11) is 0. The number of hydrogen-bond donors (Lipinski definition) is 3. The first-order valence-electron chi connectivity index (χ1n) is 7.71. The fourth-order valence-electron chi connectivity index (χ4n) is 1.98.